The summed E-state index contributed by atoms with van der Waals surface area (Å²) in [6, 6.07) is 11.0. The van der Waals surface area contributed by atoms with Gasteiger partial charge in [0.1, 0.15) is 5.82 Å². The first kappa shape index (κ1) is 24.2. The summed E-state index contributed by atoms with van der Waals surface area (Å²) in [5, 5.41) is 14.6. The molecule has 0 saturated heterocycles. The largest absolute Gasteiger partial charge is 0.342 e. The molecule has 2 amide bonds. The molecule has 172 valence electrons. The van der Waals surface area contributed by atoms with Gasteiger partial charge in [-0.2, -0.15) is 0 Å². The highest BCUT2D eigenvalue weighted by Gasteiger charge is 2.21. The fourth-order valence-corrected chi connectivity index (χ4v) is 3.97. The Bertz CT molecular complexity index is 1180. The number of amides is 2. The van der Waals surface area contributed by atoms with Crippen LogP contribution in [0, 0.1) is 19.7 Å². The molecule has 3 aromatic rings. The second-order valence-corrected chi connectivity index (χ2v) is 8.44. The Morgan fingerprint density at radius 3 is 2.67 bits per heavy atom. The summed E-state index contributed by atoms with van der Waals surface area (Å²) in [5.74, 6) is -0.684. The monoisotopic (exact) mass is 467 g/mol. The smallest absolute Gasteiger partial charge is 0.254 e. The van der Waals surface area contributed by atoms with Crippen LogP contribution >= 0.6 is 11.8 Å². The number of aryl methyl sites for hydroxylation is 1. The van der Waals surface area contributed by atoms with Crippen molar-refractivity contribution in [2.45, 2.75) is 38.5 Å². The number of hydrogen-bond donors (Lipinski definition) is 2. The quantitative estimate of drug-likeness (QED) is 0.359. The third-order valence-corrected chi connectivity index (χ3v) is 6.09. The van der Waals surface area contributed by atoms with E-state index in [2.05, 4.69) is 27.4 Å². The molecule has 0 aliphatic carbocycles. The van der Waals surface area contributed by atoms with E-state index in [4.69, 9.17) is 0 Å². The van der Waals surface area contributed by atoms with Gasteiger partial charge in [0, 0.05) is 12.2 Å². The van der Waals surface area contributed by atoms with Gasteiger partial charge in [-0.1, -0.05) is 42.1 Å². The number of thioether (sulfide) groups is 1. The average Bonchev–Trinajstić information content (AvgIpc) is 3.18. The zero-order chi connectivity index (χ0) is 24.0. The number of carbonyl (C=O) groups is 2. The van der Waals surface area contributed by atoms with Crippen LogP contribution in [0.25, 0.3) is 0 Å². The minimum absolute atomic E-state index is 0.0446. The van der Waals surface area contributed by atoms with Crippen molar-refractivity contribution >= 4 is 29.3 Å². The maximum Gasteiger partial charge on any atom is 0.254 e. The predicted molar refractivity (Wildman–Crippen MR) is 128 cm³/mol. The number of anilines is 1. The van der Waals surface area contributed by atoms with Crippen molar-refractivity contribution in [3.63, 3.8) is 0 Å². The second-order valence-electron chi connectivity index (χ2n) is 7.50. The van der Waals surface area contributed by atoms with E-state index in [0.717, 1.165) is 16.8 Å². The minimum atomic E-state index is -0.596. The Morgan fingerprint density at radius 2 is 1.94 bits per heavy atom. The lowest BCUT2D eigenvalue weighted by Gasteiger charge is -2.15. The van der Waals surface area contributed by atoms with Crippen LogP contribution in [-0.4, -0.2) is 32.3 Å². The van der Waals surface area contributed by atoms with Crippen molar-refractivity contribution in [2.24, 2.45) is 0 Å². The molecule has 0 radical (unpaired) electrons. The van der Waals surface area contributed by atoms with E-state index in [0.29, 0.717) is 17.5 Å². The molecule has 7 nitrogen and oxygen atoms in total. The van der Waals surface area contributed by atoms with Crippen LogP contribution in [0.15, 0.2) is 60.3 Å². The normalized spacial score (nSPS) is 11.6. The maximum atomic E-state index is 13.9. The summed E-state index contributed by atoms with van der Waals surface area (Å²) in [6.07, 6.45) is 1.68. The van der Waals surface area contributed by atoms with Crippen LogP contribution in [0.4, 0.5) is 10.1 Å². The van der Waals surface area contributed by atoms with Gasteiger partial charge in [-0.15, -0.1) is 16.8 Å². The van der Waals surface area contributed by atoms with E-state index in [1.165, 1.54) is 30.0 Å². The van der Waals surface area contributed by atoms with Gasteiger partial charge >= 0.3 is 0 Å². The van der Waals surface area contributed by atoms with E-state index in [9.17, 15) is 14.0 Å². The molecule has 33 heavy (non-hydrogen) atoms. The lowest BCUT2D eigenvalue weighted by Crippen LogP contribution is -2.29. The molecule has 0 unspecified atom stereocenters. The van der Waals surface area contributed by atoms with Crippen molar-refractivity contribution < 1.29 is 14.0 Å². The highest BCUT2D eigenvalue weighted by atomic mass is 32.2. The fraction of sp³-hybridized carbons (Fsp3) is 0.250. The first-order valence-electron chi connectivity index (χ1n) is 10.4. The Hall–Kier alpha value is -3.46. The number of aromatic nitrogens is 3. The summed E-state index contributed by atoms with van der Waals surface area (Å²) in [7, 11) is 0. The average molecular weight is 468 g/mol. The van der Waals surface area contributed by atoms with Crippen LogP contribution in [0.3, 0.4) is 0 Å². The first-order valence-corrected chi connectivity index (χ1v) is 11.4. The molecular formula is C24H26FN5O2S. The maximum absolute atomic E-state index is 13.9. The number of hydrogen-bond acceptors (Lipinski definition) is 5. The number of allylic oxidation sites excluding steroid dienone is 1. The molecule has 0 saturated carbocycles. The third kappa shape index (κ3) is 5.87. The number of nitrogens with one attached hydrogen (secondary N) is 2. The predicted octanol–water partition coefficient (Wildman–Crippen LogP) is 4.44. The van der Waals surface area contributed by atoms with Crippen molar-refractivity contribution in [2.75, 3.05) is 11.1 Å². The molecule has 2 N–H and O–H groups in total. The zero-order valence-electron chi connectivity index (χ0n) is 18.8. The molecule has 0 spiro atoms. The van der Waals surface area contributed by atoms with E-state index in [1.807, 2.05) is 32.0 Å². The lowest BCUT2D eigenvalue weighted by molar-refractivity contribution is -0.113. The van der Waals surface area contributed by atoms with E-state index >= 15 is 0 Å². The van der Waals surface area contributed by atoms with Gasteiger partial charge < -0.3 is 15.2 Å². The molecule has 0 bridgehead atoms. The molecule has 1 aromatic heterocycles. The van der Waals surface area contributed by atoms with Crippen LogP contribution < -0.4 is 10.6 Å². The third-order valence-electron chi connectivity index (χ3n) is 5.12. The standard InChI is InChI=1S/C24H26FN5O2S/c1-5-13-30-22(17(4)26-23(32)18-10-6-7-11-19(18)25)28-29-24(30)33-14-21(31)27-20-12-8-9-15(2)16(20)3/h5-12,17H,1,13-14H2,2-4H3,(H,26,32)(H,27,31)/t17-/m0/s1. The highest BCUT2D eigenvalue weighted by Crippen LogP contribution is 2.23. The summed E-state index contributed by atoms with van der Waals surface area (Å²) in [5.41, 5.74) is 2.85. The van der Waals surface area contributed by atoms with E-state index < -0.39 is 17.8 Å². The van der Waals surface area contributed by atoms with Gasteiger partial charge in [-0.25, -0.2) is 4.39 Å². The molecule has 1 atom stereocenters. The summed E-state index contributed by atoms with van der Waals surface area (Å²) in [4.78, 5) is 25.0. The van der Waals surface area contributed by atoms with Crippen LogP contribution in [0.2, 0.25) is 0 Å². The summed E-state index contributed by atoms with van der Waals surface area (Å²) in [6.45, 7) is 9.85. The summed E-state index contributed by atoms with van der Waals surface area (Å²) < 4.78 is 15.7. The van der Waals surface area contributed by atoms with Crippen molar-refractivity contribution in [3.05, 3.63) is 83.5 Å². The second kappa shape index (κ2) is 10.9. The molecule has 9 heteroatoms. The lowest BCUT2D eigenvalue weighted by atomic mass is 10.1. The van der Waals surface area contributed by atoms with Gasteiger partial charge in [-0.05, 0) is 50.1 Å². The Labute approximate surface area is 196 Å². The van der Waals surface area contributed by atoms with E-state index in [1.54, 1.807) is 23.6 Å². The first-order chi connectivity index (χ1) is 15.8. The Morgan fingerprint density at radius 1 is 1.18 bits per heavy atom. The molecule has 2 aromatic carbocycles. The number of halogens is 1. The highest BCUT2D eigenvalue weighted by molar-refractivity contribution is 7.99. The Balaban J connectivity index is 1.69. The number of rotatable bonds is 9. The number of benzene rings is 2. The van der Waals surface area contributed by atoms with Crippen molar-refractivity contribution in [1.82, 2.24) is 20.1 Å². The van der Waals surface area contributed by atoms with Crippen LogP contribution in [-0.2, 0) is 11.3 Å². The molecule has 1 heterocycles. The fourth-order valence-electron chi connectivity index (χ4n) is 3.22. The minimum Gasteiger partial charge on any atom is -0.342 e. The van der Waals surface area contributed by atoms with Gasteiger partial charge in [-0.3, -0.25) is 9.59 Å². The van der Waals surface area contributed by atoms with E-state index in [-0.39, 0.29) is 17.2 Å². The van der Waals surface area contributed by atoms with Crippen LogP contribution in [0.1, 0.15) is 40.3 Å². The number of nitrogens with zero attached hydrogens (tertiary/aromatic N) is 3. The van der Waals surface area contributed by atoms with Gasteiger partial charge in [0.2, 0.25) is 5.91 Å². The molecule has 3 rings (SSSR count). The SMILES string of the molecule is C=CCn1c(SCC(=O)Nc2cccc(C)c2C)nnc1[C@H](C)NC(=O)c1ccccc1F. The zero-order valence-corrected chi connectivity index (χ0v) is 19.6. The van der Waals surface area contributed by atoms with Crippen LogP contribution in [0.5, 0.6) is 0 Å². The molecule has 0 aliphatic heterocycles. The van der Waals surface area contributed by atoms with Crippen molar-refractivity contribution in [3.8, 4) is 0 Å². The van der Waals surface area contributed by atoms with Gasteiger partial charge in [0.25, 0.3) is 5.91 Å². The topological polar surface area (TPSA) is 88.9 Å². The molecular weight excluding hydrogens is 441 g/mol. The van der Waals surface area contributed by atoms with Gasteiger partial charge in [0.05, 0.1) is 17.4 Å². The molecule has 0 aliphatic rings. The van der Waals surface area contributed by atoms with Gasteiger partial charge in [0.15, 0.2) is 11.0 Å². The Kier molecular flexibility index (Phi) is 8.00. The van der Waals surface area contributed by atoms with Crippen molar-refractivity contribution in [1.29, 1.82) is 0 Å². The molecule has 0 fully saturated rings. The summed E-state index contributed by atoms with van der Waals surface area (Å²) >= 11 is 1.24. The number of carbonyl (C=O) groups excluding carboxylic acids is 2.